The van der Waals surface area contributed by atoms with Crippen LogP contribution in [0.4, 0.5) is 0 Å². The number of hydrogen-bond acceptors (Lipinski definition) is 2. The zero-order chi connectivity index (χ0) is 11.6. The highest BCUT2D eigenvalue weighted by atomic mass is 32.1. The van der Waals surface area contributed by atoms with Gasteiger partial charge in [0.1, 0.15) is 0 Å². The molecule has 0 spiro atoms. The third kappa shape index (κ3) is 2.33. The minimum absolute atomic E-state index is 0.0337. The third-order valence-corrected chi connectivity index (χ3v) is 5.05. The van der Waals surface area contributed by atoms with Gasteiger partial charge in [-0.15, -0.1) is 11.3 Å². The molecular weight excluding hydrogens is 214 g/mol. The topological polar surface area (TPSA) is 26.0 Å². The lowest BCUT2D eigenvalue weighted by Crippen LogP contribution is -2.36. The van der Waals surface area contributed by atoms with Crippen LogP contribution in [0, 0.1) is 12.8 Å². The van der Waals surface area contributed by atoms with E-state index in [1.807, 2.05) is 11.3 Å². The highest BCUT2D eigenvalue weighted by Gasteiger charge is 2.32. The molecule has 1 aliphatic rings. The van der Waals surface area contributed by atoms with E-state index in [0.29, 0.717) is 0 Å². The van der Waals surface area contributed by atoms with E-state index in [0.717, 1.165) is 5.92 Å². The Morgan fingerprint density at radius 1 is 1.44 bits per heavy atom. The van der Waals surface area contributed by atoms with Gasteiger partial charge in [-0.3, -0.25) is 0 Å². The first kappa shape index (κ1) is 12.1. The highest BCUT2D eigenvalue weighted by Crippen LogP contribution is 2.39. The van der Waals surface area contributed by atoms with Crippen molar-refractivity contribution in [1.82, 2.24) is 0 Å². The molecule has 2 atom stereocenters. The van der Waals surface area contributed by atoms with Crippen LogP contribution in [0.15, 0.2) is 11.4 Å². The molecule has 1 aliphatic carbocycles. The van der Waals surface area contributed by atoms with Crippen LogP contribution < -0.4 is 5.73 Å². The van der Waals surface area contributed by atoms with E-state index in [9.17, 15) is 0 Å². The number of nitrogens with two attached hydrogens (primary N) is 1. The molecule has 0 aromatic carbocycles. The predicted octanol–water partition coefficient (Wildman–Crippen LogP) is 4.20. The summed E-state index contributed by atoms with van der Waals surface area (Å²) in [6.07, 6.45) is 7.63. The van der Waals surface area contributed by atoms with Crippen LogP contribution in [0.2, 0.25) is 0 Å². The first-order chi connectivity index (χ1) is 7.65. The summed E-state index contributed by atoms with van der Waals surface area (Å²) in [6, 6.07) is 2.24. The lowest BCUT2D eigenvalue weighted by Gasteiger charge is -2.28. The van der Waals surface area contributed by atoms with Gasteiger partial charge in [-0.25, -0.2) is 0 Å². The Hall–Kier alpha value is -0.340. The van der Waals surface area contributed by atoms with Crippen molar-refractivity contribution in [3.8, 4) is 0 Å². The number of thiophene rings is 1. The molecule has 1 saturated carbocycles. The Kier molecular flexibility index (Phi) is 3.70. The van der Waals surface area contributed by atoms with E-state index in [1.54, 1.807) is 0 Å². The summed E-state index contributed by atoms with van der Waals surface area (Å²) < 4.78 is 0. The molecule has 2 rings (SSSR count). The summed E-state index contributed by atoms with van der Waals surface area (Å²) in [5.41, 5.74) is 8.03. The normalized spacial score (nSPS) is 31.3. The van der Waals surface area contributed by atoms with Crippen molar-refractivity contribution in [2.45, 2.75) is 57.9 Å². The van der Waals surface area contributed by atoms with Gasteiger partial charge in [0.15, 0.2) is 0 Å². The van der Waals surface area contributed by atoms with Crippen molar-refractivity contribution in [2.24, 2.45) is 11.7 Å². The minimum Gasteiger partial charge on any atom is -0.321 e. The van der Waals surface area contributed by atoms with Crippen molar-refractivity contribution >= 4 is 11.3 Å². The lowest BCUT2D eigenvalue weighted by atomic mass is 9.84. The van der Waals surface area contributed by atoms with Crippen LogP contribution in [0.25, 0.3) is 0 Å². The van der Waals surface area contributed by atoms with Gasteiger partial charge in [-0.1, -0.05) is 26.2 Å². The molecule has 0 bridgehead atoms. The average Bonchev–Trinajstić information content (AvgIpc) is 2.60. The molecule has 2 N–H and O–H groups in total. The van der Waals surface area contributed by atoms with Crippen molar-refractivity contribution in [2.75, 3.05) is 0 Å². The summed E-state index contributed by atoms with van der Waals surface area (Å²) in [7, 11) is 0. The first-order valence-electron chi connectivity index (χ1n) is 6.49. The van der Waals surface area contributed by atoms with E-state index < -0.39 is 0 Å². The van der Waals surface area contributed by atoms with Gasteiger partial charge in [-0.2, -0.15) is 0 Å². The molecule has 0 aliphatic heterocycles. The summed E-state index contributed by atoms with van der Waals surface area (Å²) in [5.74, 6) is 0.907. The quantitative estimate of drug-likeness (QED) is 0.766. The van der Waals surface area contributed by atoms with Crippen LogP contribution in [-0.2, 0) is 5.54 Å². The smallest absolute Gasteiger partial charge is 0.0420 e. The van der Waals surface area contributed by atoms with Gasteiger partial charge in [0.2, 0.25) is 0 Å². The standard InChI is InChI=1S/C14H23NS/c1-3-12-5-4-8-14(15,9-6-12)13-7-10-16-11(13)2/h7,10,12H,3-6,8-9,15H2,1-2H3. The van der Waals surface area contributed by atoms with Crippen LogP contribution in [0.3, 0.4) is 0 Å². The molecule has 0 saturated heterocycles. The molecule has 1 aromatic rings. The molecule has 90 valence electrons. The number of rotatable bonds is 2. The molecule has 0 radical (unpaired) electrons. The van der Waals surface area contributed by atoms with E-state index >= 15 is 0 Å². The van der Waals surface area contributed by atoms with Gasteiger partial charge < -0.3 is 5.73 Å². The fourth-order valence-corrected chi connectivity index (χ4v) is 3.82. The second-order valence-corrected chi connectivity index (χ2v) is 6.37. The van der Waals surface area contributed by atoms with Crippen molar-refractivity contribution in [3.05, 3.63) is 21.9 Å². The van der Waals surface area contributed by atoms with Gasteiger partial charge >= 0.3 is 0 Å². The van der Waals surface area contributed by atoms with Crippen LogP contribution in [0.1, 0.15) is 55.9 Å². The van der Waals surface area contributed by atoms with E-state index in [-0.39, 0.29) is 5.54 Å². The number of aryl methyl sites for hydroxylation is 1. The summed E-state index contributed by atoms with van der Waals surface area (Å²) >= 11 is 1.83. The fourth-order valence-electron chi connectivity index (χ4n) is 3.02. The summed E-state index contributed by atoms with van der Waals surface area (Å²) in [6.45, 7) is 4.51. The Bertz CT molecular complexity index is 344. The average molecular weight is 237 g/mol. The highest BCUT2D eigenvalue weighted by molar-refractivity contribution is 7.10. The predicted molar refractivity (Wildman–Crippen MR) is 71.8 cm³/mol. The third-order valence-electron chi connectivity index (χ3n) is 4.21. The maximum Gasteiger partial charge on any atom is 0.0420 e. The number of hydrogen-bond donors (Lipinski definition) is 1. The van der Waals surface area contributed by atoms with Crippen LogP contribution >= 0.6 is 11.3 Å². The SMILES string of the molecule is CCC1CCCC(N)(c2ccsc2C)CC1. The first-order valence-corrected chi connectivity index (χ1v) is 7.37. The Morgan fingerprint density at radius 3 is 2.88 bits per heavy atom. The largest absolute Gasteiger partial charge is 0.321 e. The second-order valence-electron chi connectivity index (χ2n) is 5.25. The minimum atomic E-state index is -0.0337. The fraction of sp³-hybridized carbons (Fsp3) is 0.714. The molecule has 0 amide bonds. The van der Waals surface area contributed by atoms with E-state index in [2.05, 4.69) is 25.3 Å². The zero-order valence-corrected chi connectivity index (χ0v) is 11.3. The van der Waals surface area contributed by atoms with Crippen molar-refractivity contribution < 1.29 is 0 Å². The molecule has 1 heterocycles. The maximum absolute atomic E-state index is 6.65. The van der Waals surface area contributed by atoms with Gasteiger partial charge in [-0.05, 0) is 49.1 Å². The van der Waals surface area contributed by atoms with E-state index in [4.69, 9.17) is 5.73 Å². The maximum atomic E-state index is 6.65. The molecule has 2 unspecified atom stereocenters. The van der Waals surface area contributed by atoms with Gasteiger partial charge in [0, 0.05) is 10.4 Å². The van der Waals surface area contributed by atoms with Crippen molar-refractivity contribution in [1.29, 1.82) is 0 Å². The van der Waals surface area contributed by atoms with Crippen LogP contribution in [0.5, 0.6) is 0 Å². The lowest BCUT2D eigenvalue weighted by molar-refractivity contribution is 0.371. The zero-order valence-electron chi connectivity index (χ0n) is 10.5. The summed E-state index contributed by atoms with van der Waals surface area (Å²) in [4.78, 5) is 1.41. The Morgan fingerprint density at radius 2 is 2.25 bits per heavy atom. The van der Waals surface area contributed by atoms with E-state index in [1.165, 1.54) is 49.0 Å². The van der Waals surface area contributed by atoms with Gasteiger partial charge in [0.05, 0.1) is 0 Å². The molecule has 16 heavy (non-hydrogen) atoms. The Balaban J connectivity index is 2.16. The molecule has 1 aromatic heterocycles. The van der Waals surface area contributed by atoms with Gasteiger partial charge in [0.25, 0.3) is 0 Å². The second kappa shape index (κ2) is 4.89. The molecule has 1 nitrogen and oxygen atoms in total. The summed E-state index contributed by atoms with van der Waals surface area (Å²) in [5, 5.41) is 2.18. The van der Waals surface area contributed by atoms with Crippen LogP contribution in [-0.4, -0.2) is 0 Å². The molecule has 2 heteroatoms. The molecular formula is C14H23NS. The van der Waals surface area contributed by atoms with Crippen molar-refractivity contribution in [3.63, 3.8) is 0 Å². The molecule has 1 fully saturated rings. The monoisotopic (exact) mass is 237 g/mol. The Labute approximate surface area is 103 Å².